The van der Waals surface area contributed by atoms with E-state index in [2.05, 4.69) is 0 Å². The van der Waals surface area contributed by atoms with Gasteiger partial charge in [0.25, 0.3) is 0 Å². The van der Waals surface area contributed by atoms with E-state index >= 15 is 0 Å². The summed E-state index contributed by atoms with van der Waals surface area (Å²) in [4.78, 5) is 23.8. The van der Waals surface area contributed by atoms with E-state index in [0.717, 1.165) is 0 Å². The largest absolute Gasteiger partial charge is 0.338 e. The molecule has 0 aliphatic carbocycles. The molecule has 1 amide bonds. The maximum atomic E-state index is 11.6. The molecule has 0 aliphatic heterocycles. The van der Waals surface area contributed by atoms with Gasteiger partial charge in [0, 0.05) is 19.5 Å². The predicted molar refractivity (Wildman–Crippen MR) is 65.4 cm³/mol. The molecule has 88 valence electrons. The van der Waals surface area contributed by atoms with Gasteiger partial charge >= 0.3 is 0 Å². The van der Waals surface area contributed by atoms with Crippen molar-refractivity contribution >= 4 is 11.7 Å². The van der Waals surface area contributed by atoms with Crippen molar-refractivity contribution in [3.8, 4) is 0 Å². The Bertz CT molecular complexity index is 333. The first kappa shape index (κ1) is 14.4. The number of ketones is 1. The Morgan fingerprint density at radius 3 is 2.06 bits per heavy atom. The monoisotopic (exact) mass is 221 g/mol. The molecule has 1 aromatic rings. The molecular formula is C13H19NO2. The molecule has 0 heterocycles. The molecule has 0 aromatic heterocycles. The van der Waals surface area contributed by atoms with E-state index in [0.29, 0.717) is 5.56 Å². The normalized spacial score (nSPS) is 8.75. The van der Waals surface area contributed by atoms with Crippen LogP contribution in [0, 0.1) is 0 Å². The van der Waals surface area contributed by atoms with Gasteiger partial charge < -0.3 is 4.90 Å². The highest BCUT2D eigenvalue weighted by Gasteiger charge is 2.09. The third-order valence-electron chi connectivity index (χ3n) is 2.01. The Hall–Kier alpha value is -1.64. The Morgan fingerprint density at radius 1 is 1.12 bits per heavy atom. The minimum Gasteiger partial charge on any atom is -0.338 e. The van der Waals surface area contributed by atoms with Gasteiger partial charge in [-0.1, -0.05) is 44.2 Å². The second-order valence-corrected chi connectivity index (χ2v) is 3.16. The van der Waals surface area contributed by atoms with Crippen LogP contribution in [0.2, 0.25) is 0 Å². The van der Waals surface area contributed by atoms with Gasteiger partial charge in [0.15, 0.2) is 5.78 Å². The van der Waals surface area contributed by atoms with Crippen LogP contribution >= 0.6 is 0 Å². The molecule has 1 rings (SSSR count). The van der Waals surface area contributed by atoms with E-state index in [1.165, 1.54) is 11.8 Å². The number of rotatable bonds is 3. The molecular weight excluding hydrogens is 202 g/mol. The van der Waals surface area contributed by atoms with Crippen molar-refractivity contribution in [3.63, 3.8) is 0 Å². The fourth-order valence-electron chi connectivity index (χ4n) is 1.04. The molecule has 0 spiro atoms. The molecule has 3 heteroatoms. The average Bonchev–Trinajstić information content (AvgIpc) is 2.32. The molecule has 0 aliphatic rings. The molecule has 0 N–H and O–H groups in total. The van der Waals surface area contributed by atoms with Gasteiger partial charge in [-0.25, -0.2) is 0 Å². The first-order valence-corrected chi connectivity index (χ1v) is 5.41. The number of amides is 1. The molecule has 0 bridgehead atoms. The minimum atomic E-state index is -0.103. The van der Waals surface area contributed by atoms with E-state index in [1.807, 2.05) is 19.9 Å². The van der Waals surface area contributed by atoms with Crippen LogP contribution in [0.3, 0.4) is 0 Å². The number of carbonyl (C=O) groups is 2. The molecule has 1 aromatic carbocycles. The van der Waals surface area contributed by atoms with Gasteiger partial charge in [0.05, 0.1) is 6.54 Å². The van der Waals surface area contributed by atoms with E-state index in [-0.39, 0.29) is 18.2 Å². The number of Topliss-reactive ketones (excluding diaryl/α,β-unsaturated/α-hetero) is 1. The van der Waals surface area contributed by atoms with Crippen molar-refractivity contribution in [1.29, 1.82) is 0 Å². The number of benzene rings is 1. The third kappa shape index (κ3) is 4.73. The Labute approximate surface area is 97.1 Å². The summed E-state index contributed by atoms with van der Waals surface area (Å²) >= 11 is 0. The van der Waals surface area contributed by atoms with E-state index < -0.39 is 0 Å². The Balaban J connectivity index is 0.00000106. The zero-order valence-electron chi connectivity index (χ0n) is 10.4. The van der Waals surface area contributed by atoms with Crippen LogP contribution < -0.4 is 0 Å². The first-order valence-electron chi connectivity index (χ1n) is 5.41. The highest BCUT2D eigenvalue weighted by atomic mass is 16.2. The van der Waals surface area contributed by atoms with Crippen LogP contribution in [-0.4, -0.2) is 30.2 Å². The highest BCUT2D eigenvalue weighted by molar-refractivity contribution is 5.99. The molecule has 0 saturated heterocycles. The van der Waals surface area contributed by atoms with Gasteiger partial charge in [-0.15, -0.1) is 0 Å². The predicted octanol–water partition coefficient (Wildman–Crippen LogP) is 2.37. The summed E-state index contributed by atoms with van der Waals surface area (Å²) in [5, 5.41) is 0. The fourth-order valence-corrected chi connectivity index (χ4v) is 1.04. The lowest BCUT2D eigenvalue weighted by molar-refractivity contribution is -0.127. The number of hydrogen-bond acceptors (Lipinski definition) is 2. The summed E-state index contributed by atoms with van der Waals surface area (Å²) in [5.41, 5.74) is 0.639. The van der Waals surface area contributed by atoms with Gasteiger partial charge in [-0.05, 0) is 0 Å². The van der Waals surface area contributed by atoms with E-state index in [9.17, 15) is 9.59 Å². The van der Waals surface area contributed by atoms with Crippen molar-refractivity contribution in [2.75, 3.05) is 13.6 Å². The molecule has 0 atom stereocenters. The molecule has 3 nitrogen and oxygen atoms in total. The highest BCUT2D eigenvalue weighted by Crippen LogP contribution is 2.00. The molecule has 0 unspecified atom stereocenters. The first-order chi connectivity index (χ1) is 7.61. The fraction of sp³-hybridized carbons (Fsp3) is 0.385. The molecule has 0 saturated carbocycles. The van der Waals surface area contributed by atoms with Gasteiger partial charge in [-0.3, -0.25) is 9.59 Å². The van der Waals surface area contributed by atoms with Gasteiger partial charge in [-0.2, -0.15) is 0 Å². The van der Waals surface area contributed by atoms with Crippen molar-refractivity contribution in [1.82, 2.24) is 4.90 Å². The standard InChI is InChI=1S/C11H13NO2.C2H6/c1-9(13)12(2)8-11(14)10-6-4-3-5-7-10;1-2/h3-7H,8H2,1-2H3;1-2H3. The smallest absolute Gasteiger partial charge is 0.219 e. The second-order valence-electron chi connectivity index (χ2n) is 3.16. The van der Waals surface area contributed by atoms with Crippen molar-refractivity contribution in [3.05, 3.63) is 35.9 Å². The van der Waals surface area contributed by atoms with Crippen LogP contribution in [0.15, 0.2) is 30.3 Å². The third-order valence-corrected chi connectivity index (χ3v) is 2.01. The number of nitrogens with zero attached hydrogens (tertiary/aromatic N) is 1. The number of hydrogen-bond donors (Lipinski definition) is 0. The maximum Gasteiger partial charge on any atom is 0.219 e. The summed E-state index contributed by atoms with van der Waals surface area (Å²) in [6.07, 6.45) is 0. The topological polar surface area (TPSA) is 37.4 Å². The van der Waals surface area contributed by atoms with Crippen molar-refractivity contribution < 1.29 is 9.59 Å². The van der Waals surface area contributed by atoms with E-state index in [1.54, 1.807) is 31.3 Å². The van der Waals surface area contributed by atoms with Crippen LogP contribution in [0.25, 0.3) is 0 Å². The maximum absolute atomic E-state index is 11.6. The quantitative estimate of drug-likeness (QED) is 0.735. The SMILES string of the molecule is CC.CC(=O)N(C)CC(=O)c1ccccc1. The zero-order valence-corrected chi connectivity index (χ0v) is 10.4. The molecule has 0 fully saturated rings. The second kappa shape index (κ2) is 7.63. The molecule has 16 heavy (non-hydrogen) atoms. The lowest BCUT2D eigenvalue weighted by Gasteiger charge is -2.13. The van der Waals surface area contributed by atoms with Crippen molar-refractivity contribution in [2.45, 2.75) is 20.8 Å². The zero-order chi connectivity index (χ0) is 12.6. The van der Waals surface area contributed by atoms with Crippen LogP contribution in [0.4, 0.5) is 0 Å². The summed E-state index contributed by atoms with van der Waals surface area (Å²) < 4.78 is 0. The van der Waals surface area contributed by atoms with Gasteiger partial charge in [0.2, 0.25) is 5.91 Å². The summed E-state index contributed by atoms with van der Waals surface area (Å²) in [6.45, 7) is 5.58. The van der Waals surface area contributed by atoms with E-state index in [4.69, 9.17) is 0 Å². The van der Waals surface area contributed by atoms with Gasteiger partial charge in [0.1, 0.15) is 0 Å². The number of likely N-dealkylation sites (N-methyl/N-ethyl adjacent to an activating group) is 1. The molecule has 0 radical (unpaired) electrons. The Kier molecular flexibility index (Phi) is 6.84. The lowest BCUT2D eigenvalue weighted by atomic mass is 10.1. The average molecular weight is 221 g/mol. The summed E-state index contributed by atoms with van der Waals surface area (Å²) in [7, 11) is 1.61. The van der Waals surface area contributed by atoms with Crippen LogP contribution in [0.1, 0.15) is 31.1 Å². The minimum absolute atomic E-state index is 0.0386. The lowest BCUT2D eigenvalue weighted by Crippen LogP contribution is -2.29. The number of carbonyl (C=O) groups excluding carboxylic acids is 2. The Morgan fingerprint density at radius 2 is 1.62 bits per heavy atom. The summed E-state index contributed by atoms with van der Waals surface area (Å²) in [6, 6.07) is 8.96. The van der Waals surface area contributed by atoms with Crippen LogP contribution in [0.5, 0.6) is 0 Å². The van der Waals surface area contributed by atoms with Crippen LogP contribution in [-0.2, 0) is 4.79 Å². The summed E-state index contributed by atoms with van der Waals surface area (Å²) in [5.74, 6) is -0.141. The van der Waals surface area contributed by atoms with Crippen molar-refractivity contribution in [2.24, 2.45) is 0 Å².